The summed E-state index contributed by atoms with van der Waals surface area (Å²) in [5.74, 6) is -3.14. The third-order valence-corrected chi connectivity index (χ3v) is 5.42. The van der Waals surface area contributed by atoms with Crippen LogP contribution in [0.3, 0.4) is 0 Å². The van der Waals surface area contributed by atoms with Crippen LogP contribution in [0.15, 0.2) is 0 Å². The zero-order chi connectivity index (χ0) is 32.8. The fraction of sp³-hybridized carbons (Fsp3) is 0.667. The Labute approximate surface area is 246 Å². The summed E-state index contributed by atoms with van der Waals surface area (Å²) in [6.45, 7) is 12.7. The lowest BCUT2D eigenvalue weighted by Crippen LogP contribution is -2.49. The zero-order valence-electron chi connectivity index (χ0n) is 25.1. The van der Waals surface area contributed by atoms with Gasteiger partial charge in [-0.2, -0.15) is 4.79 Å². The minimum Gasteiger partial charge on any atom is -0.480 e. The van der Waals surface area contributed by atoms with E-state index in [0.717, 1.165) is 6.21 Å². The molecular weight excluding hydrogens is 550 g/mol. The van der Waals surface area contributed by atoms with Gasteiger partial charge in [-0.25, -0.2) is 9.59 Å². The Balaban J connectivity index is 0. The standard InChI is InChI=1S/C15H25N3O4.C12H20N4O4/c1-5-22-15(21)13(7-6-11(19)9-17-4)18-14(20)12(16)8-10(2)3;1-7(2)5-9(13)11(18)16-10(12(19)20)4-3-8(17)6-15-14/h9-10,12-13H,4-8,16H2,1-3H3;6-7,9-10H,3-5,13H2,1-2H3,(H,16,18)(H,19,20)/p+1/t12-,13-;9-,10-/m00/s1. The Morgan fingerprint density at radius 2 is 1.29 bits per heavy atom. The van der Waals surface area contributed by atoms with Gasteiger partial charge in [-0.3, -0.25) is 19.2 Å². The highest BCUT2D eigenvalue weighted by atomic mass is 16.5. The summed E-state index contributed by atoms with van der Waals surface area (Å²) in [6.07, 6.45) is 2.65. The molecule has 15 heteroatoms. The van der Waals surface area contributed by atoms with Crippen LogP contribution < -0.4 is 26.8 Å². The number of Topliss-reactive ketones (excluding diaryl/α,β-unsaturated/α-hetero) is 2. The molecule has 0 aromatic rings. The number of carboxylic acid groups (broad SMARTS) is 1. The van der Waals surface area contributed by atoms with E-state index in [1.807, 2.05) is 27.7 Å². The van der Waals surface area contributed by atoms with Crippen molar-refractivity contribution < 1.29 is 43.4 Å². The van der Waals surface area contributed by atoms with Crippen molar-refractivity contribution in [2.24, 2.45) is 23.3 Å². The maximum atomic E-state index is 12.0. The highest BCUT2D eigenvalue weighted by Gasteiger charge is 2.26. The number of nitrogens with one attached hydrogen (secondary N) is 2. The van der Waals surface area contributed by atoms with Crippen molar-refractivity contribution in [2.45, 2.75) is 97.3 Å². The smallest absolute Gasteiger partial charge is 0.334 e. The molecule has 0 spiro atoms. The molecule has 0 saturated carbocycles. The Morgan fingerprint density at radius 1 is 0.857 bits per heavy atom. The molecule has 0 heterocycles. The Bertz CT molecular complexity index is 1020. The SMILES string of the molecule is C=[N+]=CC(=O)CC[C@H](NC(=O)[C@@H](N)CC(C)C)C(=O)OCC.CC(C)C[C@H](N)C(=O)N[C@@H](CCC(=O)C=[N+]=[N-])C(=O)O. The molecule has 0 fully saturated rings. The van der Waals surface area contributed by atoms with E-state index in [1.54, 1.807) is 6.92 Å². The van der Waals surface area contributed by atoms with Crippen molar-refractivity contribution in [3.63, 3.8) is 0 Å². The van der Waals surface area contributed by atoms with Gasteiger partial charge in [0.2, 0.25) is 23.4 Å². The third-order valence-electron chi connectivity index (χ3n) is 5.42. The maximum Gasteiger partial charge on any atom is 0.334 e. The van der Waals surface area contributed by atoms with E-state index >= 15 is 0 Å². The van der Waals surface area contributed by atoms with Crippen LogP contribution >= 0.6 is 0 Å². The van der Waals surface area contributed by atoms with Gasteiger partial charge in [0.25, 0.3) is 6.72 Å². The van der Waals surface area contributed by atoms with E-state index in [4.69, 9.17) is 26.8 Å². The van der Waals surface area contributed by atoms with E-state index < -0.39 is 53.7 Å². The van der Waals surface area contributed by atoms with E-state index in [9.17, 15) is 28.8 Å². The molecule has 0 aromatic heterocycles. The predicted octanol–water partition coefficient (Wildman–Crippen LogP) is -0.825. The maximum absolute atomic E-state index is 12.0. The van der Waals surface area contributed by atoms with Gasteiger partial charge in [-0.15, -0.1) is 4.67 Å². The first-order valence-electron chi connectivity index (χ1n) is 13.6. The van der Waals surface area contributed by atoms with Gasteiger partial charge in [-0.05, 0) is 44.4 Å². The first kappa shape index (κ1) is 40.1. The van der Waals surface area contributed by atoms with E-state index in [0.29, 0.717) is 19.1 Å². The molecular formula is C27H46N7O8+. The summed E-state index contributed by atoms with van der Waals surface area (Å²) < 4.78 is 8.27. The average Bonchev–Trinajstić information content (AvgIpc) is 2.88. The molecule has 0 aliphatic rings. The number of ether oxygens (including phenoxy) is 1. The highest BCUT2D eigenvalue weighted by molar-refractivity contribution is 6.27. The fourth-order valence-corrected chi connectivity index (χ4v) is 3.41. The quantitative estimate of drug-likeness (QED) is 0.0535. The van der Waals surface area contributed by atoms with Crippen molar-refractivity contribution in [2.75, 3.05) is 6.61 Å². The lowest BCUT2D eigenvalue weighted by atomic mass is 10.0. The number of hydrogen-bond acceptors (Lipinski definition) is 9. The molecule has 0 rings (SSSR count). The van der Waals surface area contributed by atoms with Crippen molar-refractivity contribution >= 4 is 54.5 Å². The Kier molecular flexibility index (Phi) is 21.6. The van der Waals surface area contributed by atoms with Gasteiger partial charge in [0.1, 0.15) is 12.1 Å². The van der Waals surface area contributed by atoms with E-state index in [-0.39, 0.29) is 49.9 Å². The van der Waals surface area contributed by atoms with E-state index in [1.165, 1.54) is 0 Å². The number of nitrogens with two attached hydrogens (primary N) is 2. The number of amides is 2. The molecule has 0 aromatic carbocycles. The molecule has 4 atom stereocenters. The van der Waals surface area contributed by atoms with Gasteiger partial charge in [0.15, 0.2) is 0 Å². The van der Waals surface area contributed by atoms with Crippen molar-refractivity contribution in [1.29, 1.82) is 0 Å². The normalized spacial score (nSPS) is 13.1. The third kappa shape index (κ3) is 19.9. The second kappa shape index (κ2) is 22.6. The molecule has 0 radical (unpaired) electrons. The molecule has 15 nitrogen and oxygen atoms in total. The van der Waals surface area contributed by atoms with Crippen LogP contribution in [-0.4, -0.2) is 95.1 Å². The van der Waals surface area contributed by atoms with Gasteiger partial charge in [0, 0.05) is 12.8 Å². The first-order valence-corrected chi connectivity index (χ1v) is 13.6. The molecule has 42 heavy (non-hydrogen) atoms. The number of rotatable bonds is 19. The summed E-state index contributed by atoms with van der Waals surface area (Å²) >= 11 is 0. The Morgan fingerprint density at radius 3 is 1.67 bits per heavy atom. The number of carbonyl (C=O) groups excluding carboxylic acids is 5. The van der Waals surface area contributed by atoms with Gasteiger partial charge in [0.05, 0.1) is 18.7 Å². The highest BCUT2D eigenvalue weighted by Crippen LogP contribution is 2.06. The Hall–Kier alpha value is -4.03. The number of ketones is 2. The van der Waals surface area contributed by atoms with Gasteiger partial charge < -0.3 is 37.5 Å². The lowest BCUT2D eigenvalue weighted by Gasteiger charge is -2.20. The summed E-state index contributed by atoms with van der Waals surface area (Å²) in [5.41, 5.74) is 19.6. The molecule has 0 aliphatic carbocycles. The van der Waals surface area contributed by atoms with Crippen LogP contribution in [0.2, 0.25) is 0 Å². The summed E-state index contributed by atoms with van der Waals surface area (Å²) in [4.78, 5) is 71.6. The number of hydrogen-bond donors (Lipinski definition) is 5. The second-order valence-electron chi connectivity index (χ2n) is 10.3. The number of esters is 1. The van der Waals surface area contributed by atoms with Gasteiger partial charge >= 0.3 is 24.4 Å². The van der Waals surface area contributed by atoms with E-state index in [2.05, 4.69) is 26.8 Å². The monoisotopic (exact) mass is 596 g/mol. The van der Waals surface area contributed by atoms with Crippen LogP contribution in [0.5, 0.6) is 0 Å². The summed E-state index contributed by atoms with van der Waals surface area (Å²) in [5, 5.41) is 13.8. The molecule has 7 N–H and O–H groups in total. The molecule has 236 valence electrons. The molecule has 2 amide bonds. The number of nitrogens with zero attached hydrogens (tertiary/aromatic N) is 3. The fourth-order valence-electron chi connectivity index (χ4n) is 3.41. The van der Waals surface area contributed by atoms with Crippen LogP contribution in [0.4, 0.5) is 0 Å². The zero-order valence-corrected chi connectivity index (χ0v) is 25.1. The van der Waals surface area contributed by atoms with Crippen molar-refractivity contribution in [1.82, 2.24) is 15.3 Å². The summed E-state index contributed by atoms with van der Waals surface area (Å²) in [7, 11) is 0. The number of carboxylic acids is 1. The molecule has 0 saturated heterocycles. The minimum atomic E-state index is -1.25. The van der Waals surface area contributed by atoms with Crippen LogP contribution in [0, 0.1) is 11.8 Å². The van der Waals surface area contributed by atoms with Crippen LogP contribution in [0.1, 0.15) is 73.1 Å². The van der Waals surface area contributed by atoms with Crippen LogP contribution in [0.25, 0.3) is 5.53 Å². The molecule has 0 aliphatic heterocycles. The number of aliphatic carboxylic acids is 1. The summed E-state index contributed by atoms with van der Waals surface area (Å²) in [6, 6.07) is -3.58. The molecule has 0 bridgehead atoms. The van der Waals surface area contributed by atoms with Gasteiger partial charge in [-0.1, -0.05) is 27.7 Å². The van der Waals surface area contributed by atoms with Crippen molar-refractivity contribution in [3.8, 4) is 0 Å². The predicted molar refractivity (Wildman–Crippen MR) is 156 cm³/mol. The minimum absolute atomic E-state index is 0.0577. The number of carbonyl (C=O) groups is 6. The molecule has 0 unspecified atom stereocenters. The largest absolute Gasteiger partial charge is 0.480 e. The van der Waals surface area contributed by atoms with Crippen LogP contribution in [-0.2, 0) is 33.5 Å². The average molecular weight is 597 g/mol. The topological polar surface area (TPSA) is 258 Å². The second-order valence-corrected chi connectivity index (χ2v) is 10.3. The lowest BCUT2D eigenvalue weighted by molar-refractivity contribution is -0.147. The van der Waals surface area contributed by atoms with Crippen molar-refractivity contribution in [3.05, 3.63) is 5.53 Å². The first-order chi connectivity index (χ1) is 19.6.